The van der Waals surface area contributed by atoms with E-state index in [2.05, 4.69) is 45.9 Å². The van der Waals surface area contributed by atoms with Gasteiger partial charge in [-0.1, -0.05) is 65.3 Å². The first-order valence-electron chi connectivity index (χ1n) is 9.79. The Morgan fingerprint density at radius 2 is 1.44 bits per heavy atom. The van der Waals surface area contributed by atoms with Crippen LogP contribution in [0.25, 0.3) is 5.76 Å². The summed E-state index contributed by atoms with van der Waals surface area (Å²) in [5.41, 5.74) is 5.11. The zero-order valence-electron chi connectivity index (χ0n) is 17.5. The first-order valence-corrected chi connectivity index (χ1v) is 9.79. The fraction of sp³-hybridized carbons (Fsp3) is 0.400. The number of carbonyl (C=O) groups is 1. The molecule has 0 heterocycles. The van der Waals surface area contributed by atoms with E-state index >= 15 is 0 Å². The minimum atomic E-state index is -0.291. The molecule has 0 aliphatic carbocycles. The van der Waals surface area contributed by atoms with Gasteiger partial charge in [0.05, 0.1) is 0 Å². The first-order chi connectivity index (χ1) is 12.9. The summed E-state index contributed by atoms with van der Waals surface area (Å²) >= 11 is 0. The largest absolute Gasteiger partial charge is 0.426 e. The predicted molar refractivity (Wildman–Crippen MR) is 116 cm³/mol. The molecule has 0 radical (unpaired) electrons. The molecule has 0 aliphatic heterocycles. The van der Waals surface area contributed by atoms with Crippen LogP contribution in [-0.4, -0.2) is 5.97 Å². The lowest BCUT2D eigenvalue weighted by molar-refractivity contribution is -0.134. The van der Waals surface area contributed by atoms with Gasteiger partial charge in [-0.2, -0.15) is 0 Å². The molecular formula is C25H34O2. The molecule has 27 heavy (non-hydrogen) atoms. The minimum absolute atomic E-state index is 0.291. The highest BCUT2D eigenvalue weighted by atomic mass is 16.5. The van der Waals surface area contributed by atoms with Gasteiger partial charge >= 0.3 is 5.97 Å². The number of allylic oxidation sites excluding steroid dienone is 7. The Kier molecular flexibility index (Phi) is 10.9. The Hall–Kier alpha value is -2.35. The van der Waals surface area contributed by atoms with Crippen LogP contribution in [0.4, 0.5) is 0 Å². The summed E-state index contributed by atoms with van der Waals surface area (Å²) in [6.45, 7) is 10.1. The van der Waals surface area contributed by atoms with Crippen molar-refractivity contribution in [2.24, 2.45) is 0 Å². The van der Waals surface area contributed by atoms with Crippen molar-refractivity contribution < 1.29 is 9.53 Å². The van der Waals surface area contributed by atoms with E-state index < -0.39 is 0 Å². The van der Waals surface area contributed by atoms with Gasteiger partial charge < -0.3 is 4.74 Å². The van der Waals surface area contributed by atoms with E-state index in [1.807, 2.05) is 36.4 Å². The average Bonchev–Trinajstić information content (AvgIpc) is 2.65. The van der Waals surface area contributed by atoms with Crippen LogP contribution in [0.2, 0.25) is 0 Å². The second kappa shape index (κ2) is 12.9. The first kappa shape index (κ1) is 22.7. The number of benzene rings is 1. The van der Waals surface area contributed by atoms with Crippen molar-refractivity contribution in [1.29, 1.82) is 0 Å². The van der Waals surface area contributed by atoms with Gasteiger partial charge in [0.2, 0.25) is 0 Å². The van der Waals surface area contributed by atoms with E-state index in [1.165, 1.54) is 23.6 Å². The Morgan fingerprint density at radius 1 is 0.852 bits per heavy atom. The number of rotatable bonds is 10. The van der Waals surface area contributed by atoms with Crippen molar-refractivity contribution in [3.63, 3.8) is 0 Å². The van der Waals surface area contributed by atoms with Crippen molar-refractivity contribution >= 4 is 11.7 Å². The van der Waals surface area contributed by atoms with Gasteiger partial charge in [-0.3, -0.25) is 4.79 Å². The highest BCUT2D eigenvalue weighted by Crippen LogP contribution is 2.19. The third kappa shape index (κ3) is 10.4. The molecule has 0 N–H and O–H groups in total. The minimum Gasteiger partial charge on any atom is -0.426 e. The zero-order valence-corrected chi connectivity index (χ0v) is 17.5. The van der Waals surface area contributed by atoms with Crippen molar-refractivity contribution in [3.8, 4) is 0 Å². The number of hydrogen-bond acceptors (Lipinski definition) is 2. The quantitative estimate of drug-likeness (QED) is 0.245. The van der Waals surface area contributed by atoms with Crippen molar-refractivity contribution in [1.82, 2.24) is 0 Å². The maximum Gasteiger partial charge on any atom is 0.308 e. The maximum atomic E-state index is 11.4. The monoisotopic (exact) mass is 366 g/mol. The second-order valence-corrected chi connectivity index (χ2v) is 7.05. The molecule has 0 bridgehead atoms. The molecule has 2 heteroatoms. The molecule has 0 aliphatic rings. The summed E-state index contributed by atoms with van der Waals surface area (Å²) < 4.78 is 5.38. The molecule has 1 rings (SSSR count). The molecule has 0 atom stereocenters. The van der Waals surface area contributed by atoms with Gasteiger partial charge in [-0.05, 0) is 65.9 Å². The molecule has 0 spiro atoms. The molecule has 1 aromatic carbocycles. The lowest BCUT2D eigenvalue weighted by Crippen LogP contribution is -1.98. The third-order valence-electron chi connectivity index (χ3n) is 4.48. The molecule has 0 saturated heterocycles. The van der Waals surface area contributed by atoms with Gasteiger partial charge in [0.1, 0.15) is 5.76 Å². The van der Waals surface area contributed by atoms with E-state index in [4.69, 9.17) is 4.74 Å². The standard InChI is InChI=1S/C25H34O2/c1-6-20(2)12-10-13-21(3)14-11-15-22(4)18-19-25(27-23(5)26)24-16-8-7-9-17-24/h6-9,13,15-17,19H,10-12,14,18H2,1-5H3. The van der Waals surface area contributed by atoms with Gasteiger partial charge in [0, 0.05) is 12.5 Å². The maximum absolute atomic E-state index is 11.4. The van der Waals surface area contributed by atoms with Crippen LogP contribution in [0.1, 0.15) is 72.3 Å². The molecule has 146 valence electrons. The third-order valence-corrected chi connectivity index (χ3v) is 4.48. The fourth-order valence-electron chi connectivity index (χ4n) is 2.65. The highest BCUT2D eigenvalue weighted by Gasteiger charge is 2.05. The van der Waals surface area contributed by atoms with Gasteiger partial charge in [-0.25, -0.2) is 0 Å². The Balaban J connectivity index is 2.57. The van der Waals surface area contributed by atoms with E-state index in [1.54, 1.807) is 0 Å². The number of esters is 1. The van der Waals surface area contributed by atoms with E-state index in [0.29, 0.717) is 5.76 Å². The SMILES string of the molecule is CC=C(C)CCC=C(C)CCC=C(C)CC=C(OC(C)=O)c1ccccc1. The molecule has 0 unspecified atom stereocenters. The molecule has 0 aromatic heterocycles. The predicted octanol–water partition coefficient (Wildman–Crippen LogP) is 7.40. The normalized spacial score (nSPS) is 13.7. The Bertz CT molecular complexity index is 703. The summed E-state index contributed by atoms with van der Waals surface area (Å²) in [5.74, 6) is 0.340. The van der Waals surface area contributed by atoms with Crippen LogP contribution < -0.4 is 0 Å². The Labute approximate surface area is 165 Å². The number of carbonyl (C=O) groups excluding carboxylic acids is 1. The fourth-order valence-corrected chi connectivity index (χ4v) is 2.65. The summed E-state index contributed by atoms with van der Waals surface area (Å²) in [6.07, 6.45) is 14.0. The van der Waals surface area contributed by atoms with E-state index in [0.717, 1.165) is 37.7 Å². The van der Waals surface area contributed by atoms with Crippen molar-refractivity contribution in [3.05, 3.63) is 76.9 Å². The summed E-state index contributed by atoms with van der Waals surface area (Å²) in [6, 6.07) is 9.76. The van der Waals surface area contributed by atoms with Crippen molar-refractivity contribution in [2.75, 3.05) is 0 Å². The lowest BCUT2D eigenvalue weighted by atomic mass is 10.0. The van der Waals surface area contributed by atoms with Crippen LogP contribution in [-0.2, 0) is 9.53 Å². The highest BCUT2D eigenvalue weighted by molar-refractivity contribution is 5.76. The van der Waals surface area contributed by atoms with E-state index in [-0.39, 0.29) is 5.97 Å². The molecule has 0 amide bonds. The average molecular weight is 367 g/mol. The summed E-state index contributed by atoms with van der Waals surface area (Å²) in [4.78, 5) is 11.4. The number of hydrogen-bond donors (Lipinski definition) is 0. The van der Waals surface area contributed by atoms with Crippen molar-refractivity contribution in [2.45, 2.75) is 66.7 Å². The Morgan fingerprint density at radius 3 is 2.04 bits per heavy atom. The molecular weight excluding hydrogens is 332 g/mol. The van der Waals surface area contributed by atoms with E-state index in [9.17, 15) is 4.79 Å². The zero-order chi connectivity index (χ0) is 20.1. The molecule has 0 saturated carbocycles. The molecule has 0 fully saturated rings. The van der Waals surface area contributed by atoms with Crippen LogP contribution in [0.15, 0.2) is 71.4 Å². The second-order valence-electron chi connectivity index (χ2n) is 7.05. The van der Waals surface area contributed by atoms with Crippen LogP contribution in [0.5, 0.6) is 0 Å². The van der Waals surface area contributed by atoms with Crippen LogP contribution >= 0.6 is 0 Å². The van der Waals surface area contributed by atoms with Gasteiger partial charge in [0.25, 0.3) is 0 Å². The molecule has 1 aromatic rings. The summed E-state index contributed by atoms with van der Waals surface area (Å²) in [7, 11) is 0. The smallest absolute Gasteiger partial charge is 0.308 e. The van der Waals surface area contributed by atoms with Crippen LogP contribution in [0, 0.1) is 0 Å². The topological polar surface area (TPSA) is 26.3 Å². The number of ether oxygens (including phenoxy) is 1. The van der Waals surface area contributed by atoms with Crippen LogP contribution in [0.3, 0.4) is 0 Å². The lowest BCUT2D eigenvalue weighted by Gasteiger charge is -2.08. The summed E-state index contributed by atoms with van der Waals surface area (Å²) in [5, 5.41) is 0. The molecule has 2 nitrogen and oxygen atoms in total. The van der Waals surface area contributed by atoms with Gasteiger partial charge in [0.15, 0.2) is 0 Å². The van der Waals surface area contributed by atoms with Gasteiger partial charge in [-0.15, -0.1) is 0 Å².